The van der Waals surface area contributed by atoms with E-state index in [1.54, 1.807) is 52.2 Å². The molecule has 1 radical (unpaired) electrons. The Hall–Kier alpha value is -1.62. The number of rotatable bonds is 4. The number of nitrogens with zero attached hydrogens (tertiary/aromatic N) is 2. The van der Waals surface area contributed by atoms with Crippen molar-refractivity contribution in [3.63, 3.8) is 0 Å². The van der Waals surface area contributed by atoms with Crippen LogP contribution in [0.4, 0.5) is 4.79 Å². The normalized spacial score (nSPS) is 13.2. The topological polar surface area (TPSA) is 62.7 Å². The molecule has 0 aromatic carbocycles. The van der Waals surface area contributed by atoms with E-state index in [1.165, 1.54) is 4.90 Å². The second kappa shape index (κ2) is 6.70. The third-order valence-corrected chi connectivity index (χ3v) is 2.60. The molecule has 2 atom stereocenters. The van der Waals surface area contributed by atoms with Crippen LogP contribution in [-0.4, -0.2) is 39.3 Å². The number of carbonyl (C=O) groups is 1. The zero-order valence-corrected chi connectivity index (χ0v) is 12.5. The van der Waals surface area contributed by atoms with Gasteiger partial charge in [-0.2, -0.15) is 0 Å². The van der Waals surface area contributed by atoms with E-state index in [0.717, 1.165) is 0 Å². The predicted octanol–water partition coefficient (Wildman–Crippen LogP) is 2.57. The van der Waals surface area contributed by atoms with Crippen LogP contribution in [0.3, 0.4) is 0 Å². The molecule has 1 N–H and O–H groups in total. The van der Waals surface area contributed by atoms with Crippen LogP contribution in [0.2, 0.25) is 0 Å². The molecule has 0 spiro atoms. The molecular formula is C15H23N2O3. The first kappa shape index (κ1) is 16.4. The van der Waals surface area contributed by atoms with E-state index in [4.69, 9.17) is 4.74 Å². The Morgan fingerprint density at radius 3 is 2.65 bits per heavy atom. The minimum absolute atomic E-state index is 0.116. The molecule has 20 heavy (non-hydrogen) atoms. The molecule has 5 heteroatoms. The summed E-state index contributed by atoms with van der Waals surface area (Å²) in [5.74, 6) is 0. The van der Waals surface area contributed by atoms with Crippen LogP contribution >= 0.6 is 0 Å². The van der Waals surface area contributed by atoms with Crippen LogP contribution in [0.1, 0.15) is 39.4 Å². The number of ether oxygens (including phenoxy) is 1. The fourth-order valence-corrected chi connectivity index (χ4v) is 1.62. The highest BCUT2D eigenvalue weighted by molar-refractivity contribution is 5.68. The van der Waals surface area contributed by atoms with Gasteiger partial charge in [-0.3, -0.25) is 4.98 Å². The molecular weight excluding hydrogens is 256 g/mol. The summed E-state index contributed by atoms with van der Waals surface area (Å²) in [6.07, 6.45) is 1.90. The van der Waals surface area contributed by atoms with Gasteiger partial charge in [-0.1, -0.05) is 6.07 Å². The smallest absolute Gasteiger partial charge is 0.410 e. The molecule has 0 aliphatic rings. The van der Waals surface area contributed by atoms with Crippen molar-refractivity contribution in [3.05, 3.63) is 37.0 Å². The summed E-state index contributed by atoms with van der Waals surface area (Å²) in [5.41, 5.74) is 0.0745. The minimum atomic E-state index is -0.819. The van der Waals surface area contributed by atoms with Gasteiger partial charge in [0, 0.05) is 24.0 Å². The first-order chi connectivity index (χ1) is 9.20. The molecule has 1 heterocycles. The third kappa shape index (κ3) is 5.17. The van der Waals surface area contributed by atoms with Gasteiger partial charge < -0.3 is 14.7 Å². The minimum Gasteiger partial charge on any atom is -0.444 e. The average Bonchev–Trinajstić information content (AvgIpc) is 2.34. The van der Waals surface area contributed by atoms with Crippen molar-refractivity contribution in [3.8, 4) is 0 Å². The first-order valence-corrected chi connectivity index (χ1v) is 6.61. The van der Waals surface area contributed by atoms with E-state index >= 15 is 0 Å². The lowest BCUT2D eigenvalue weighted by Gasteiger charge is -2.31. The fraction of sp³-hybridized carbons (Fsp3) is 0.533. The Balaban J connectivity index is 2.75. The average molecular weight is 279 g/mol. The van der Waals surface area contributed by atoms with Crippen LogP contribution in [-0.2, 0) is 4.74 Å². The molecule has 1 aromatic rings. The van der Waals surface area contributed by atoms with Crippen molar-refractivity contribution in [1.82, 2.24) is 9.88 Å². The Bertz CT molecular complexity index is 426. The number of amides is 1. The molecule has 111 valence electrons. The van der Waals surface area contributed by atoms with E-state index < -0.39 is 17.8 Å². The predicted molar refractivity (Wildman–Crippen MR) is 77.0 cm³/mol. The Morgan fingerprint density at radius 1 is 1.55 bits per heavy atom. The van der Waals surface area contributed by atoms with Gasteiger partial charge in [-0.15, -0.1) is 0 Å². The van der Waals surface area contributed by atoms with E-state index in [2.05, 4.69) is 11.9 Å². The lowest BCUT2D eigenvalue weighted by atomic mass is 10.1. The zero-order valence-electron chi connectivity index (χ0n) is 12.5. The van der Waals surface area contributed by atoms with Gasteiger partial charge in [0.15, 0.2) is 0 Å². The van der Waals surface area contributed by atoms with Crippen molar-refractivity contribution in [2.24, 2.45) is 0 Å². The molecule has 0 aliphatic heterocycles. The monoisotopic (exact) mass is 279 g/mol. The largest absolute Gasteiger partial charge is 0.444 e. The van der Waals surface area contributed by atoms with E-state index in [0.29, 0.717) is 5.56 Å². The van der Waals surface area contributed by atoms with Crippen molar-refractivity contribution < 1.29 is 14.6 Å². The summed E-state index contributed by atoms with van der Waals surface area (Å²) in [5, 5.41) is 10.2. The number of aliphatic hydroxyl groups excluding tert-OH is 1. The lowest BCUT2D eigenvalue weighted by molar-refractivity contribution is 0.00949. The highest BCUT2D eigenvalue weighted by Gasteiger charge is 2.26. The van der Waals surface area contributed by atoms with Crippen molar-refractivity contribution in [1.29, 1.82) is 0 Å². The number of aromatic nitrogens is 1. The molecule has 1 aromatic heterocycles. The highest BCUT2D eigenvalue weighted by Crippen LogP contribution is 2.17. The number of hydrogen-bond donors (Lipinski definition) is 1. The van der Waals surface area contributed by atoms with Gasteiger partial charge in [-0.05, 0) is 40.7 Å². The number of hydrogen-bond acceptors (Lipinski definition) is 4. The fourth-order valence-electron chi connectivity index (χ4n) is 1.62. The molecule has 0 fully saturated rings. The number of aliphatic hydroxyl groups is 1. The standard InChI is InChI=1S/C15H23N2O3/c1-11(2)17(14(19)20-15(3,4)5)10-13(18)12-7-6-8-16-9-12/h6-9,11,13,18H,1,10H2,2-5H3/t11?,13-/m0/s1. The van der Waals surface area contributed by atoms with Gasteiger partial charge >= 0.3 is 6.09 Å². The Kier molecular flexibility index (Phi) is 5.51. The van der Waals surface area contributed by atoms with Crippen molar-refractivity contribution in [2.75, 3.05) is 6.54 Å². The van der Waals surface area contributed by atoms with Crippen LogP contribution in [0.5, 0.6) is 0 Å². The SMILES string of the molecule is [CH2]C(C)N(C[C@H](O)c1cccnc1)C(=O)OC(C)(C)C. The first-order valence-electron chi connectivity index (χ1n) is 6.61. The summed E-state index contributed by atoms with van der Waals surface area (Å²) >= 11 is 0. The quantitative estimate of drug-likeness (QED) is 0.920. The van der Waals surface area contributed by atoms with Crippen molar-refractivity contribution in [2.45, 2.75) is 45.4 Å². The van der Waals surface area contributed by atoms with Gasteiger partial charge in [-0.25, -0.2) is 4.79 Å². The van der Waals surface area contributed by atoms with E-state index in [9.17, 15) is 9.90 Å². The molecule has 1 unspecified atom stereocenters. The third-order valence-electron chi connectivity index (χ3n) is 2.60. The summed E-state index contributed by atoms with van der Waals surface area (Å²) in [4.78, 5) is 17.5. The summed E-state index contributed by atoms with van der Waals surface area (Å²) in [6, 6.07) is 3.19. The molecule has 0 saturated carbocycles. The van der Waals surface area contributed by atoms with E-state index in [1.807, 2.05) is 0 Å². The molecule has 0 saturated heterocycles. The van der Waals surface area contributed by atoms with Gasteiger partial charge in [0.1, 0.15) is 5.60 Å². The van der Waals surface area contributed by atoms with Gasteiger partial charge in [0.25, 0.3) is 0 Å². The summed E-state index contributed by atoms with van der Waals surface area (Å²) in [7, 11) is 0. The zero-order chi connectivity index (χ0) is 15.3. The second-order valence-electron chi connectivity index (χ2n) is 5.78. The summed E-state index contributed by atoms with van der Waals surface area (Å²) < 4.78 is 5.32. The van der Waals surface area contributed by atoms with E-state index in [-0.39, 0.29) is 12.6 Å². The second-order valence-corrected chi connectivity index (χ2v) is 5.78. The lowest BCUT2D eigenvalue weighted by Crippen LogP contribution is -2.43. The molecule has 5 nitrogen and oxygen atoms in total. The maximum absolute atomic E-state index is 12.1. The van der Waals surface area contributed by atoms with Crippen molar-refractivity contribution >= 4 is 6.09 Å². The number of pyridine rings is 1. The highest BCUT2D eigenvalue weighted by atomic mass is 16.6. The van der Waals surface area contributed by atoms with Crippen LogP contribution in [0, 0.1) is 6.92 Å². The van der Waals surface area contributed by atoms with Crippen LogP contribution < -0.4 is 0 Å². The summed E-state index contributed by atoms with van der Waals surface area (Å²) in [6.45, 7) is 11.1. The molecule has 1 rings (SSSR count). The number of carbonyl (C=O) groups excluding carboxylic acids is 1. The Morgan fingerprint density at radius 2 is 2.20 bits per heavy atom. The molecule has 1 amide bonds. The van der Waals surface area contributed by atoms with Crippen LogP contribution in [0.15, 0.2) is 24.5 Å². The van der Waals surface area contributed by atoms with Gasteiger partial charge in [0.05, 0.1) is 12.6 Å². The maximum atomic E-state index is 12.1. The molecule has 0 aliphatic carbocycles. The van der Waals surface area contributed by atoms with Crippen LogP contribution in [0.25, 0.3) is 0 Å². The Labute approximate surface area is 120 Å². The maximum Gasteiger partial charge on any atom is 0.410 e. The molecule has 0 bridgehead atoms. The van der Waals surface area contributed by atoms with Gasteiger partial charge in [0.2, 0.25) is 0 Å².